The highest BCUT2D eigenvalue weighted by atomic mass is 32.2. The van der Waals surface area contributed by atoms with Crippen LogP contribution in [-0.4, -0.2) is 20.1 Å². The predicted molar refractivity (Wildman–Crippen MR) is 224 cm³/mol. The molecule has 9 rings (SSSR count). The Balaban J connectivity index is 1.18. The summed E-state index contributed by atoms with van der Waals surface area (Å²) in [5.41, 5.74) is 13.1. The molecule has 2 atom stereocenters. The Labute approximate surface area is 321 Å². The van der Waals surface area contributed by atoms with Crippen LogP contribution in [0, 0.1) is 20.8 Å². The molecule has 0 N–H and O–H groups in total. The molecule has 0 unspecified atom stereocenters. The van der Waals surface area contributed by atoms with Gasteiger partial charge in [0.05, 0.1) is 26.5 Å². The molecule has 4 aromatic carbocycles. The van der Waals surface area contributed by atoms with Gasteiger partial charge in [0.25, 0.3) is 0 Å². The number of pyridine rings is 1. The number of hydrogen-bond acceptors (Lipinski definition) is 4. The fourth-order valence-corrected chi connectivity index (χ4v) is 10.3. The number of fused-ring (bicyclic) bond motifs is 8. The van der Waals surface area contributed by atoms with Crippen LogP contribution in [0.5, 0.6) is 11.5 Å². The second kappa shape index (κ2) is 11.1. The van der Waals surface area contributed by atoms with Crippen LogP contribution in [0.4, 0.5) is 0 Å². The monoisotopic (exact) mass is 719 g/mol. The smallest absolute Gasteiger partial charge is 0.145 e. The maximum atomic E-state index is 9.51. The largest absolute Gasteiger partial charge is 0.457 e. The van der Waals surface area contributed by atoms with Gasteiger partial charge in [0.2, 0.25) is 0 Å². The lowest BCUT2D eigenvalue weighted by molar-refractivity contribution is 0.407. The number of aliphatic imine (C=N–C) groups is 1. The van der Waals surface area contributed by atoms with Gasteiger partial charge in [-0.05, 0) is 145 Å². The van der Waals surface area contributed by atoms with Crippen molar-refractivity contribution in [1.29, 1.82) is 0 Å². The average molecular weight is 720 g/mol. The third-order valence-corrected chi connectivity index (χ3v) is 14.2. The highest BCUT2D eigenvalue weighted by molar-refractivity contribution is 8.15. The molecule has 270 valence electrons. The molecule has 0 spiro atoms. The van der Waals surface area contributed by atoms with Crippen molar-refractivity contribution in [2.75, 3.05) is 0 Å². The second-order valence-electron chi connectivity index (χ2n) is 17.9. The van der Waals surface area contributed by atoms with Crippen LogP contribution < -0.4 is 4.74 Å². The van der Waals surface area contributed by atoms with E-state index in [2.05, 4.69) is 134 Å². The highest BCUT2D eigenvalue weighted by Gasteiger charge is 2.57. The third-order valence-electron chi connectivity index (χ3n) is 12.6. The Hall–Kier alpha value is -4.35. The van der Waals surface area contributed by atoms with Gasteiger partial charge in [-0.15, -0.1) is 0 Å². The Bertz CT molecular complexity index is 2700. The summed E-state index contributed by atoms with van der Waals surface area (Å²) in [5, 5.41) is 3.25. The number of nitrogens with zero attached hydrogens (tertiary/aromatic N) is 3. The van der Waals surface area contributed by atoms with E-state index in [0.29, 0.717) is 0 Å². The van der Waals surface area contributed by atoms with Gasteiger partial charge in [0.15, 0.2) is 0 Å². The van der Waals surface area contributed by atoms with Crippen molar-refractivity contribution >= 4 is 38.7 Å². The molecule has 1 aliphatic carbocycles. The summed E-state index contributed by atoms with van der Waals surface area (Å²) < 4.78 is 27.8. The topological polar surface area (TPSA) is 39.4 Å². The van der Waals surface area contributed by atoms with E-state index >= 15 is 0 Å². The van der Waals surface area contributed by atoms with Gasteiger partial charge >= 0.3 is 0 Å². The molecule has 0 saturated heterocycles. The quantitative estimate of drug-likeness (QED) is 0.182. The Morgan fingerprint density at radius 3 is 2.38 bits per heavy atom. The lowest BCUT2D eigenvalue weighted by atomic mass is 9.72. The summed E-state index contributed by atoms with van der Waals surface area (Å²) in [6, 6.07) is 24.3. The summed E-state index contributed by atoms with van der Waals surface area (Å²) in [6.45, 7) is 26.4. The first-order valence-corrected chi connectivity index (χ1v) is 19.8. The normalized spacial score (nSPS) is 22.8. The molecule has 0 radical (unpaired) electrons. The number of thioether (sulfide) groups is 1. The van der Waals surface area contributed by atoms with E-state index < -0.39 is 16.7 Å². The first-order valence-electron chi connectivity index (χ1n) is 20.0. The van der Waals surface area contributed by atoms with Crippen LogP contribution in [-0.2, 0) is 21.9 Å². The van der Waals surface area contributed by atoms with Crippen molar-refractivity contribution in [3.63, 3.8) is 0 Å². The van der Waals surface area contributed by atoms with Crippen LogP contribution in [0.25, 0.3) is 27.6 Å². The molecule has 2 aromatic heterocycles. The Morgan fingerprint density at radius 1 is 0.868 bits per heavy atom. The zero-order valence-electron chi connectivity index (χ0n) is 35.2. The molecule has 3 aliphatic rings. The predicted octanol–water partition coefficient (Wildman–Crippen LogP) is 12.7. The molecule has 2 aliphatic heterocycles. The fraction of sp³-hybridized carbons (Fsp3) is 0.375. The number of aromatic nitrogens is 2. The average Bonchev–Trinajstić information content (AvgIpc) is 3.64. The number of aryl methyl sites for hydroxylation is 2. The molecule has 53 heavy (non-hydrogen) atoms. The maximum absolute atomic E-state index is 9.51. The molecule has 0 amide bonds. The minimum Gasteiger partial charge on any atom is -0.457 e. The lowest BCUT2D eigenvalue weighted by Crippen LogP contribution is -2.36. The van der Waals surface area contributed by atoms with Crippen molar-refractivity contribution in [1.82, 2.24) is 9.55 Å². The van der Waals surface area contributed by atoms with Gasteiger partial charge in [0, 0.05) is 36.8 Å². The van der Waals surface area contributed by atoms with Gasteiger partial charge < -0.3 is 4.74 Å². The first-order chi connectivity index (χ1) is 25.7. The summed E-state index contributed by atoms with van der Waals surface area (Å²) in [7, 11) is 0. The van der Waals surface area contributed by atoms with Crippen molar-refractivity contribution in [3.05, 3.63) is 129 Å². The third kappa shape index (κ3) is 4.81. The van der Waals surface area contributed by atoms with Crippen LogP contribution >= 0.6 is 11.8 Å². The van der Waals surface area contributed by atoms with Crippen LogP contribution in [0.3, 0.4) is 0 Å². The van der Waals surface area contributed by atoms with Gasteiger partial charge in [-0.25, -0.2) is 4.98 Å². The number of hydrogen-bond donors (Lipinski definition) is 0. The van der Waals surface area contributed by atoms with E-state index in [1.807, 2.05) is 26.1 Å². The molecule has 4 nitrogen and oxygen atoms in total. The van der Waals surface area contributed by atoms with Gasteiger partial charge in [-0.1, -0.05) is 78.4 Å². The molecule has 0 bridgehead atoms. The van der Waals surface area contributed by atoms with Crippen LogP contribution in [0.15, 0.2) is 77.9 Å². The molecule has 0 fully saturated rings. The zero-order valence-corrected chi connectivity index (χ0v) is 34.0. The molecular formula is C48H51N3OS. The lowest BCUT2D eigenvalue weighted by Gasteiger charge is -2.36. The van der Waals surface area contributed by atoms with Crippen LogP contribution in [0.2, 0.25) is 0 Å². The standard InChI is InChI=1S/C48H51N3OS/c1-26(2)30-19-31(44-50-47(11)25-36-29(5)27(3)15-16-37(36)48(47,12)53-44)21-33(20-30)52-41-24-40-38(18-28(41)4)46(9,10)39-23-32(45(6,7)8)22-35-34-14-13-17-49-43(34)51(40)42(35)39/h13-24,26H,25H2,1-12H3/t47-,48+/m1/s1/i25D2. The Kier molecular flexibility index (Phi) is 6.73. The number of rotatable bonds is 4. The van der Waals surface area contributed by atoms with E-state index in [1.54, 1.807) is 11.8 Å². The van der Waals surface area contributed by atoms with Crippen molar-refractivity contribution < 1.29 is 7.48 Å². The number of benzene rings is 4. The second-order valence-corrected chi connectivity index (χ2v) is 19.3. The van der Waals surface area contributed by atoms with Crippen molar-refractivity contribution in [3.8, 4) is 17.2 Å². The summed E-state index contributed by atoms with van der Waals surface area (Å²) in [4.78, 5) is 10.3. The molecule has 0 saturated carbocycles. The summed E-state index contributed by atoms with van der Waals surface area (Å²) in [6.07, 6.45) is 0.269. The highest BCUT2D eigenvalue weighted by Crippen LogP contribution is 2.61. The van der Waals surface area contributed by atoms with Gasteiger partial charge in [-0.2, -0.15) is 0 Å². The molecule has 6 aromatic rings. The summed E-state index contributed by atoms with van der Waals surface area (Å²) >= 11 is 1.69. The van der Waals surface area contributed by atoms with Gasteiger partial charge in [-0.3, -0.25) is 9.56 Å². The van der Waals surface area contributed by atoms with E-state index in [1.165, 1.54) is 27.6 Å². The minimum absolute atomic E-state index is 0.000349. The van der Waals surface area contributed by atoms with Crippen molar-refractivity contribution in [2.24, 2.45) is 4.99 Å². The van der Waals surface area contributed by atoms with E-state index in [0.717, 1.165) is 72.2 Å². The minimum atomic E-state index is -1.62. The van der Waals surface area contributed by atoms with Gasteiger partial charge in [0.1, 0.15) is 17.1 Å². The fourth-order valence-electron chi connectivity index (χ4n) is 8.83. The van der Waals surface area contributed by atoms with E-state index in [-0.39, 0.29) is 16.7 Å². The number of ether oxygens (including phenoxy) is 1. The molecular weight excluding hydrogens is 667 g/mol. The maximum Gasteiger partial charge on any atom is 0.145 e. The zero-order chi connectivity index (χ0) is 39.4. The van der Waals surface area contributed by atoms with Crippen LogP contribution in [0.1, 0.15) is 127 Å². The Morgan fingerprint density at radius 2 is 1.64 bits per heavy atom. The SMILES string of the molecule is [2H]C1([2H])c2c(ccc(C)c2C)[C@]2(C)SC(c3cc(Oc4cc5c(cc4C)C(C)(C)c4cc(C(C)(C)C)cc6c7cccnc7n-5c46)cc(C(C)C)c3)=N[C@]12C. The molecule has 4 heterocycles. The summed E-state index contributed by atoms with van der Waals surface area (Å²) in [5.74, 6) is 1.80. The van der Waals surface area contributed by atoms with Crippen molar-refractivity contribution in [2.45, 2.75) is 116 Å². The first kappa shape index (κ1) is 32.1. The van der Waals surface area contributed by atoms with E-state index in [9.17, 15) is 2.74 Å². The molecule has 5 heteroatoms. The van der Waals surface area contributed by atoms with E-state index in [4.69, 9.17) is 14.7 Å².